The fourth-order valence-electron chi connectivity index (χ4n) is 2.95. The van der Waals surface area contributed by atoms with Crippen LogP contribution in [0.5, 0.6) is 0 Å². The molecule has 3 heterocycles. The van der Waals surface area contributed by atoms with E-state index in [4.69, 9.17) is 0 Å². The Morgan fingerprint density at radius 1 is 1.26 bits per heavy atom. The summed E-state index contributed by atoms with van der Waals surface area (Å²) in [6, 6.07) is 6.53. The average Bonchev–Trinajstić information content (AvgIpc) is 3.09. The third kappa shape index (κ3) is 2.65. The van der Waals surface area contributed by atoms with E-state index in [1.54, 1.807) is 30.3 Å². The van der Waals surface area contributed by atoms with Crippen molar-refractivity contribution in [2.75, 3.05) is 11.9 Å². The number of hydroxylamine groups is 2. The lowest BCUT2D eigenvalue weighted by Crippen LogP contribution is -2.61. The first-order valence-electron chi connectivity index (χ1n) is 7.97. The lowest BCUT2D eigenvalue weighted by atomic mass is 9.99. The van der Waals surface area contributed by atoms with Crippen LogP contribution in [0.4, 0.5) is 5.95 Å². The molecule has 1 saturated heterocycles. The minimum Gasteiger partial charge on any atom is -0.394 e. The Bertz CT molecular complexity index is 1090. The van der Waals surface area contributed by atoms with Crippen LogP contribution < -0.4 is 10.9 Å². The molecule has 2 unspecified atom stereocenters. The van der Waals surface area contributed by atoms with E-state index in [9.17, 15) is 24.7 Å². The van der Waals surface area contributed by atoms with Crippen molar-refractivity contribution in [3.8, 4) is 0 Å². The number of aromatic amines is 1. The Kier molecular flexibility index (Phi) is 3.94. The van der Waals surface area contributed by atoms with Crippen LogP contribution in [0, 0.1) is 0 Å². The predicted molar refractivity (Wildman–Crippen MR) is 91.1 cm³/mol. The Morgan fingerprint density at radius 2 is 2.00 bits per heavy atom. The fourth-order valence-corrected chi connectivity index (χ4v) is 2.95. The van der Waals surface area contributed by atoms with Gasteiger partial charge in [0.05, 0.1) is 12.9 Å². The van der Waals surface area contributed by atoms with Crippen LogP contribution in [-0.4, -0.2) is 59.4 Å². The van der Waals surface area contributed by atoms with Crippen LogP contribution in [0.2, 0.25) is 0 Å². The molecule has 1 aliphatic heterocycles. The van der Waals surface area contributed by atoms with Crippen LogP contribution in [0.15, 0.2) is 41.5 Å². The molecule has 0 saturated carbocycles. The zero-order valence-electron chi connectivity index (χ0n) is 13.7. The summed E-state index contributed by atoms with van der Waals surface area (Å²) in [7, 11) is 0. The SMILES string of the molecule is O=C(Nc1nc2c(ncn2C2C(=O)N(O)C2CO)c(=O)[nH]1)c1ccccc1. The molecule has 1 fully saturated rings. The number of fused-ring (bicyclic) bond motifs is 1. The smallest absolute Gasteiger partial charge is 0.280 e. The molecule has 0 bridgehead atoms. The Balaban J connectivity index is 1.72. The largest absolute Gasteiger partial charge is 0.394 e. The van der Waals surface area contributed by atoms with Gasteiger partial charge in [-0.2, -0.15) is 4.98 Å². The van der Waals surface area contributed by atoms with Crippen LogP contribution in [0.3, 0.4) is 0 Å². The first-order chi connectivity index (χ1) is 13.0. The van der Waals surface area contributed by atoms with Crippen molar-refractivity contribution in [1.82, 2.24) is 24.6 Å². The predicted octanol–water partition coefficient (Wildman–Crippen LogP) is -0.495. The van der Waals surface area contributed by atoms with Gasteiger partial charge >= 0.3 is 0 Å². The lowest BCUT2D eigenvalue weighted by Gasteiger charge is -2.41. The fraction of sp³-hybridized carbons (Fsp3) is 0.188. The second-order valence-corrected chi connectivity index (χ2v) is 5.94. The van der Waals surface area contributed by atoms with E-state index in [2.05, 4.69) is 20.3 Å². The average molecular weight is 370 g/mol. The number of hydrogen-bond donors (Lipinski definition) is 4. The summed E-state index contributed by atoms with van der Waals surface area (Å²) >= 11 is 0. The molecule has 2 atom stereocenters. The second kappa shape index (κ2) is 6.30. The lowest BCUT2D eigenvalue weighted by molar-refractivity contribution is -0.219. The first kappa shape index (κ1) is 16.9. The standard InChI is InChI=1S/C16H14N6O5/c23-6-9-11(15(26)22(9)27)21-7-17-10-12(21)18-16(20-14(10)25)19-13(24)8-4-2-1-3-5-8/h1-5,7,9,11,23,27H,6H2,(H2,18,19,20,24,25). The molecule has 27 heavy (non-hydrogen) atoms. The number of nitrogens with one attached hydrogen (secondary N) is 2. The monoisotopic (exact) mass is 370 g/mol. The van der Waals surface area contributed by atoms with Gasteiger partial charge in [0.15, 0.2) is 11.2 Å². The molecule has 4 rings (SSSR count). The zero-order valence-corrected chi connectivity index (χ0v) is 13.7. The maximum atomic E-state index is 12.3. The highest BCUT2D eigenvalue weighted by molar-refractivity contribution is 6.03. The van der Waals surface area contributed by atoms with Crippen molar-refractivity contribution in [3.05, 3.63) is 52.6 Å². The van der Waals surface area contributed by atoms with Gasteiger partial charge in [0.2, 0.25) is 5.95 Å². The molecule has 0 radical (unpaired) electrons. The van der Waals surface area contributed by atoms with Gasteiger partial charge in [-0.25, -0.2) is 10.0 Å². The van der Waals surface area contributed by atoms with Crippen LogP contribution >= 0.6 is 0 Å². The molecule has 0 aliphatic carbocycles. The van der Waals surface area contributed by atoms with Gasteiger partial charge in [0, 0.05) is 5.56 Å². The Hall–Kier alpha value is -3.57. The molecule has 11 nitrogen and oxygen atoms in total. The quantitative estimate of drug-likeness (QED) is 0.357. The summed E-state index contributed by atoms with van der Waals surface area (Å²) in [4.78, 5) is 47.0. The minimum atomic E-state index is -0.947. The molecule has 2 amide bonds. The normalized spacial score (nSPS) is 19.2. The topological polar surface area (TPSA) is 153 Å². The number of nitrogens with zero attached hydrogens (tertiary/aromatic N) is 4. The number of benzene rings is 1. The molecule has 4 N–H and O–H groups in total. The minimum absolute atomic E-state index is 0.0337. The summed E-state index contributed by atoms with van der Waals surface area (Å²) in [5.74, 6) is -1.25. The summed E-state index contributed by atoms with van der Waals surface area (Å²) in [6.45, 7) is -0.479. The molecular weight excluding hydrogens is 356 g/mol. The number of aliphatic hydroxyl groups excluding tert-OH is 1. The number of carbonyl (C=O) groups excluding carboxylic acids is 2. The molecule has 1 aliphatic rings. The highest BCUT2D eigenvalue weighted by Crippen LogP contribution is 2.31. The molecule has 0 spiro atoms. The molecule has 11 heteroatoms. The summed E-state index contributed by atoms with van der Waals surface area (Å²) < 4.78 is 1.29. The van der Waals surface area contributed by atoms with Crippen molar-refractivity contribution >= 4 is 28.9 Å². The van der Waals surface area contributed by atoms with Crippen molar-refractivity contribution in [2.45, 2.75) is 12.1 Å². The number of anilines is 1. The zero-order chi connectivity index (χ0) is 19.1. The van der Waals surface area contributed by atoms with E-state index < -0.39 is 36.1 Å². The van der Waals surface area contributed by atoms with Crippen LogP contribution in [0.1, 0.15) is 16.4 Å². The van der Waals surface area contributed by atoms with E-state index in [0.717, 1.165) is 0 Å². The molecule has 1 aromatic carbocycles. The van der Waals surface area contributed by atoms with E-state index in [1.807, 2.05) is 0 Å². The molecule has 3 aromatic rings. The van der Waals surface area contributed by atoms with E-state index in [0.29, 0.717) is 10.6 Å². The second-order valence-electron chi connectivity index (χ2n) is 5.94. The van der Waals surface area contributed by atoms with Crippen LogP contribution in [0.25, 0.3) is 11.2 Å². The maximum Gasteiger partial charge on any atom is 0.280 e. The van der Waals surface area contributed by atoms with Gasteiger partial charge in [-0.05, 0) is 12.1 Å². The van der Waals surface area contributed by atoms with Gasteiger partial charge in [0.25, 0.3) is 17.4 Å². The summed E-state index contributed by atoms with van der Waals surface area (Å²) in [5, 5.41) is 21.8. The Morgan fingerprint density at radius 3 is 2.70 bits per heavy atom. The third-order valence-electron chi connectivity index (χ3n) is 4.34. The highest BCUT2D eigenvalue weighted by atomic mass is 16.5. The molecular formula is C16H14N6O5. The number of aromatic nitrogens is 4. The third-order valence-corrected chi connectivity index (χ3v) is 4.34. The number of hydrogen-bond acceptors (Lipinski definition) is 7. The number of carbonyl (C=O) groups is 2. The number of aliphatic hydroxyl groups is 1. The van der Waals surface area contributed by atoms with Gasteiger partial charge in [-0.1, -0.05) is 18.2 Å². The van der Waals surface area contributed by atoms with Gasteiger partial charge in [0.1, 0.15) is 12.1 Å². The molecule has 138 valence electrons. The van der Waals surface area contributed by atoms with Gasteiger partial charge < -0.3 is 5.11 Å². The first-order valence-corrected chi connectivity index (χ1v) is 7.97. The number of H-pyrrole nitrogens is 1. The highest BCUT2D eigenvalue weighted by Gasteiger charge is 2.48. The van der Waals surface area contributed by atoms with Crippen molar-refractivity contribution in [1.29, 1.82) is 0 Å². The van der Waals surface area contributed by atoms with Crippen molar-refractivity contribution in [3.63, 3.8) is 0 Å². The van der Waals surface area contributed by atoms with Crippen LogP contribution in [-0.2, 0) is 4.79 Å². The number of imidazole rings is 1. The summed E-state index contributed by atoms with van der Waals surface area (Å²) in [5.41, 5.74) is -0.213. The van der Waals surface area contributed by atoms with Crippen molar-refractivity contribution in [2.24, 2.45) is 0 Å². The van der Waals surface area contributed by atoms with E-state index >= 15 is 0 Å². The number of β-lactam (4-membered cyclic amide) rings is 1. The maximum absolute atomic E-state index is 12.3. The summed E-state index contributed by atoms with van der Waals surface area (Å²) in [6.07, 6.45) is 1.23. The van der Waals surface area contributed by atoms with Crippen molar-refractivity contribution < 1.29 is 19.9 Å². The van der Waals surface area contributed by atoms with E-state index in [1.165, 1.54) is 10.9 Å². The van der Waals surface area contributed by atoms with Gasteiger partial charge in [-0.3, -0.25) is 34.5 Å². The van der Waals surface area contributed by atoms with E-state index in [-0.39, 0.29) is 17.1 Å². The Labute approximate surface area is 150 Å². The van der Waals surface area contributed by atoms with Gasteiger partial charge in [-0.15, -0.1) is 0 Å². The molecule has 2 aromatic heterocycles. The number of rotatable bonds is 4. The number of amides is 2.